The molecule has 0 aromatic heterocycles. The third-order valence-corrected chi connectivity index (χ3v) is 3.56. The van der Waals surface area contributed by atoms with Gasteiger partial charge in [0.2, 0.25) is 5.75 Å². The minimum Gasteiger partial charge on any atom is -0.504 e. The largest absolute Gasteiger partial charge is 0.504 e. The number of amides is 1. The zero-order chi connectivity index (χ0) is 15.0. The summed E-state index contributed by atoms with van der Waals surface area (Å²) in [5.41, 5.74) is 3.18. The van der Waals surface area contributed by atoms with Crippen LogP contribution in [0, 0.1) is 0 Å². The molecule has 3 rings (SSSR count). The summed E-state index contributed by atoms with van der Waals surface area (Å²) >= 11 is 0. The maximum absolute atomic E-state index is 13.2. The van der Waals surface area contributed by atoms with Crippen molar-refractivity contribution in [1.82, 2.24) is 10.4 Å². The lowest BCUT2D eigenvalue weighted by Crippen LogP contribution is -2.25. The molecule has 0 spiro atoms. The first-order valence-electron chi connectivity index (χ1n) is 6.54. The van der Waals surface area contributed by atoms with Gasteiger partial charge in [-0.1, -0.05) is 12.1 Å². The van der Waals surface area contributed by atoms with E-state index in [1.54, 1.807) is 17.0 Å². The maximum atomic E-state index is 13.2. The molecule has 1 saturated heterocycles. The number of nitrogens with one attached hydrogen (secondary N) is 1. The second-order valence-electron chi connectivity index (χ2n) is 5.21. The van der Waals surface area contributed by atoms with Crippen LogP contribution in [0.4, 0.5) is 8.78 Å². The molecule has 2 N–H and O–H groups in total. The van der Waals surface area contributed by atoms with Gasteiger partial charge in [0.15, 0.2) is 5.75 Å². The first kappa shape index (κ1) is 13.8. The van der Waals surface area contributed by atoms with Crippen LogP contribution in [0.1, 0.15) is 17.5 Å². The molecule has 0 atom stereocenters. The van der Waals surface area contributed by atoms with E-state index in [1.807, 2.05) is 0 Å². The van der Waals surface area contributed by atoms with E-state index in [4.69, 9.17) is 4.84 Å². The average molecular weight is 296 g/mol. The molecule has 1 amide bonds. The number of carbonyl (C=O) groups excluding carboxylic acids is 1. The molecule has 2 aliphatic rings. The lowest BCUT2D eigenvalue weighted by Gasteiger charge is -2.18. The molecule has 2 aliphatic heterocycles. The topological polar surface area (TPSA) is 61.8 Å². The summed E-state index contributed by atoms with van der Waals surface area (Å²) in [6.07, 6.45) is 2.63. The van der Waals surface area contributed by atoms with Crippen LogP contribution < -0.4 is 10.3 Å². The van der Waals surface area contributed by atoms with Crippen molar-refractivity contribution in [2.45, 2.75) is 18.9 Å². The van der Waals surface area contributed by atoms with E-state index in [0.717, 1.165) is 0 Å². The summed E-state index contributed by atoms with van der Waals surface area (Å²) in [7, 11) is 0. The quantitative estimate of drug-likeness (QED) is 0.871. The number of phenolic OH excluding ortho intramolecular Hbond substituents is 1. The number of alkyl halides is 2. The molecule has 0 bridgehead atoms. The summed E-state index contributed by atoms with van der Waals surface area (Å²) in [5, 5.41) is 10.2. The standard InChI is InChI=1S/C14H14F2N2O3/c15-14(16)5-6-18(8-14)7-10-2-1-9-3-4-11(19)17-21-13(9)12(10)20/h1-4,20H,5-8H2,(H,17,19). The van der Waals surface area contributed by atoms with Gasteiger partial charge in [-0.3, -0.25) is 9.69 Å². The van der Waals surface area contributed by atoms with Crippen LogP contribution in [0.2, 0.25) is 0 Å². The van der Waals surface area contributed by atoms with E-state index in [-0.39, 0.29) is 37.6 Å². The molecule has 1 fully saturated rings. The number of hydrogen-bond acceptors (Lipinski definition) is 4. The molecule has 112 valence electrons. The van der Waals surface area contributed by atoms with Crippen molar-refractivity contribution in [3.8, 4) is 11.5 Å². The fourth-order valence-electron chi connectivity index (χ4n) is 2.48. The van der Waals surface area contributed by atoms with Crippen molar-refractivity contribution >= 4 is 12.0 Å². The highest BCUT2D eigenvalue weighted by molar-refractivity contribution is 5.92. The number of benzene rings is 1. The van der Waals surface area contributed by atoms with Crippen molar-refractivity contribution in [2.24, 2.45) is 0 Å². The van der Waals surface area contributed by atoms with Crippen LogP contribution >= 0.6 is 0 Å². The van der Waals surface area contributed by atoms with Gasteiger partial charge in [0, 0.05) is 36.7 Å². The Morgan fingerprint density at radius 1 is 1.38 bits per heavy atom. The van der Waals surface area contributed by atoms with E-state index in [9.17, 15) is 18.7 Å². The molecule has 1 aromatic rings. The fourth-order valence-corrected chi connectivity index (χ4v) is 2.48. The Kier molecular flexibility index (Phi) is 3.29. The van der Waals surface area contributed by atoms with Gasteiger partial charge in [0.1, 0.15) is 0 Å². The normalized spacial score (nSPS) is 20.6. The van der Waals surface area contributed by atoms with Gasteiger partial charge >= 0.3 is 0 Å². The van der Waals surface area contributed by atoms with Crippen LogP contribution in [0.5, 0.6) is 11.5 Å². The number of hydrogen-bond donors (Lipinski definition) is 2. The molecular weight excluding hydrogens is 282 g/mol. The number of halogens is 2. The molecule has 0 saturated carbocycles. The van der Waals surface area contributed by atoms with Crippen LogP contribution in [0.15, 0.2) is 18.2 Å². The number of aromatic hydroxyl groups is 1. The zero-order valence-electron chi connectivity index (χ0n) is 11.1. The molecule has 21 heavy (non-hydrogen) atoms. The number of fused-ring (bicyclic) bond motifs is 1. The maximum Gasteiger partial charge on any atom is 0.276 e. The molecule has 1 aromatic carbocycles. The summed E-state index contributed by atoms with van der Waals surface area (Å²) in [4.78, 5) is 17.8. The van der Waals surface area contributed by atoms with Gasteiger partial charge < -0.3 is 9.94 Å². The molecule has 0 aliphatic carbocycles. The van der Waals surface area contributed by atoms with E-state index in [0.29, 0.717) is 11.1 Å². The number of nitrogens with zero attached hydrogens (tertiary/aromatic N) is 1. The van der Waals surface area contributed by atoms with Crippen molar-refractivity contribution in [2.75, 3.05) is 13.1 Å². The van der Waals surface area contributed by atoms with Gasteiger partial charge in [0.25, 0.3) is 11.8 Å². The molecule has 5 nitrogen and oxygen atoms in total. The fraction of sp³-hybridized carbons (Fsp3) is 0.357. The van der Waals surface area contributed by atoms with Crippen LogP contribution in [0.3, 0.4) is 0 Å². The predicted molar refractivity (Wildman–Crippen MR) is 70.8 cm³/mol. The number of hydroxylamine groups is 1. The van der Waals surface area contributed by atoms with Crippen LogP contribution in [-0.4, -0.2) is 34.9 Å². The third-order valence-electron chi connectivity index (χ3n) is 3.56. The monoisotopic (exact) mass is 296 g/mol. The van der Waals surface area contributed by atoms with Gasteiger partial charge in [-0.2, -0.15) is 5.48 Å². The smallest absolute Gasteiger partial charge is 0.276 e. The van der Waals surface area contributed by atoms with E-state index in [2.05, 4.69) is 5.48 Å². The molecule has 0 unspecified atom stereocenters. The minimum atomic E-state index is -2.67. The predicted octanol–water partition coefficient (Wildman–Crippen LogP) is 1.67. The minimum absolute atomic E-state index is 0.126. The summed E-state index contributed by atoms with van der Waals surface area (Å²) in [6, 6.07) is 3.32. The lowest BCUT2D eigenvalue weighted by molar-refractivity contribution is -0.122. The SMILES string of the molecule is O=C1C=Cc2ccc(CN3CCC(F)(F)C3)c(O)c2ON1. The summed E-state index contributed by atoms with van der Waals surface area (Å²) < 4.78 is 26.4. The van der Waals surface area contributed by atoms with Gasteiger partial charge in [-0.15, -0.1) is 0 Å². The van der Waals surface area contributed by atoms with Gasteiger partial charge in [-0.25, -0.2) is 8.78 Å². The Morgan fingerprint density at radius 2 is 2.19 bits per heavy atom. The molecule has 7 heteroatoms. The Morgan fingerprint density at radius 3 is 2.90 bits per heavy atom. The zero-order valence-corrected chi connectivity index (χ0v) is 11.1. The van der Waals surface area contributed by atoms with Crippen molar-refractivity contribution in [3.05, 3.63) is 29.3 Å². The van der Waals surface area contributed by atoms with Crippen molar-refractivity contribution in [3.63, 3.8) is 0 Å². The molecular formula is C14H14F2N2O3. The van der Waals surface area contributed by atoms with E-state index >= 15 is 0 Å². The number of phenols is 1. The van der Waals surface area contributed by atoms with E-state index < -0.39 is 11.8 Å². The third kappa shape index (κ3) is 2.82. The second-order valence-corrected chi connectivity index (χ2v) is 5.21. The number of carbonyl (C=O) groups is 1. The van der Waals surface area contributed by atoms with E-state index in [1.165, 1.54) is 12.2 Å². The van der Waals surface area contributed by atoms with Crippen molar-refractivity contribution < 1.29 is 23.5 Å². The van der Waals surface area contributed by atoms with Crippen LogP contribution in [-0.2, 0) is 11.3 Å². The Bertz CT molecular complexity index is 616. The molecule has 0 radical (unpaired) electrons. The highest BCUT2D eigenvalue weighted by Crippen LogP contribution is 2.37. The Balaban J connectivity index is 1.83. The molecule has 2 heterocycles. The number of rotatable bonds is 2. The lowest BCUT2D eigenvalue weighted by atomic mass is 10.1. The second kappa shape index (κ2) is 5.00. The van der Waals surface area contributed by atoms with Gasteiger partial charge in [-0.05, 0) is 6.08 Å². The Labute approximate surface area is 119 Å². The first-order valence-corrected chi connectivity index (χ1v) is 6.54. The average Bonchev–Trinajstić information content (AvgIpc) is 2.65. The highest BCUT2D eigenvalue weighted by Gasteiger charge is 2.38. The van der Waals surface area contributed by atoms with Gasteiger partial charge in [0.05, 0.1) is 6.54 Å². The summed E-state index contributed by atoms with van der Waals surface area (Å²) in [5.74, 6) is -3.13. The highest BCUT2D eigenvalue weighted by atomic mass is 19.3. The van der Waals surface area contributed by atoms with Crippen molar-refractivity contribution in [1.29, 1.82) is 0 Å². The number of likely N-dealkylation sites (tertiary alicyclic amines) is 1. The van der Waals surface area contributed by atoms with Crippen LogP contribution in [0.25, 0.3) is 6.08 Å². The summed E-state index contributed by atoms with van der Waals surface area (Å²) in [6.45, 7) is 0.164. The first-order chi connectivity index (χ1) is 9.94. The Hall–Kier alpha value is -2.15.